The summed E-state index contributed by atoms with van der Waals surface area (Å²) in [5, 5.41) is 7.75. The normalized spacial score (nSPS) is 22.0. The zero-order valence-electron chi connectivity index (χ0n) is 13.1. The van der Waals surface area contributed by atoms with E-state index in [1.54, 1.807) is 6.20 Å². The van der Waals surface area contributed by atoms with Crippen LogP contribution in [0.5, 0.6) is 0 Å². The van der Waals surface area contributed by atoms with Crippen molar-refractivity contribution in [2.45, 2.75) is 32.7 Å². The van der Waals surface area contributed by atoms with Crippen LogP contribution in [0.4, 0.5) is 5.69 Å². The van der Waals surface area contributed by atoms with Crippen molar-refractivity contribution in [3.05, 3.63) is 21.6 Å². The lowest BCUT2D eigenvalue weighted by Crippen LogP contribution is -2.29. The van der Waals surface area contributed by atoms with Crippen LogP contribution < -0.4 is 10.9 Å². The fraction of sp³-hybridized carbons (Fsp3) is 0.733. The minimum absolute atomic E-state index is 0.219. The summed E-state index contributed by atoms with van der Waals surface area (Å²) < 4.78 is 1.42. The third-order valence-electron chi connectivity index (χ3n) is 4.34. The lowest BCUT2D eigenvalue weighted by Gasteiger charge is -2.17. The molecule has 0 amide bonds. The fourth-order valence-corrected chi connectivity index (χ4v) is 3.02. The van der Waals surface area contributed by atoms with E-state index < -0.39 is 0 Å². The topological polar surface area (TPSA) is 50.2 Å². The van der Waals surface area contributed by atoms with E-state index in [4.69, 9.17) is 11.6 Å². The first kappa shape index (κ1) is 16.3. The van der Waals surface area contributed by atoms with Gasteiger partial charge in [-0.05, 0) is 32.4 Å². The predicted octanol–water partition coefficient (Wildman–Crippen LogP) is 2.31. The summed E-state index contributed by atoms with van der Waals surface area (Å²) >= 11 is 6.19. The van der Waals surface area contributed by atoms with E-state index >= 15 is 0 Å². The van der Waals surface area contributed by atoms with Crippen LogP contribution in [0.1, 0.15) is 26.2 Å². The van der Waals surface area contributed by atoms with E-state index in [9.17, 15) is 4.79 Å². The van der Waals surface area contributed by atoms with Crippen LogP contribution >= 0.6 is 11.6 Å². The number of aromatic nitrogens is 2. The molecular formula is C15H25ClN4O. The van der Waals surface area contributed by atoms with Crippen LogP contribution in [0.3, 0.4) is 0 Å². The fourth-order valence-electron chi connectivity index (χ4n) is 2.81. The lowest BCUT2D eigenvalue weighted by molar-refractivity contribution is 0.367. The summed E-state index contributed by atoms with van der Waals surface area (Å²) in [6, 6.07) is 0. The third kappa shape index (κ3) is 4.20. The Morgan fingerprint density at radius 1 is 1.48 bits per heavy atom. The SMILES string of the molecule is CC1CCCC1CNc1cnn(CCN(C)C)c(=O)c1Cl. The zero-order chi connectivity index (χ0) is 15.4. The largest absolute Gasteiger partial charge is 0.382 e. The molecular weight excluding hydrogens is 288 g/mol. The van der Waals surface area contributed by atoms with E-state index in [0.29, 0.717) is 18.2 Å². The smallest absolute Gasteiger partial charge is 0.287 e. The van der Waals surface area contributed by atoms with Crippen molar-refractivity contribution in [3.8, 4) is 0 Å². The van der Waals surface area contributed by atoms with Crippen LogP contribution in [0.25, 0.3) is 0 Å². The molecule has 1 aliphatic rings. The Bertz CT molecular complexity index is 529. The molecule has 2 unspecified atom stereocenters. The van der Waals surface area contributed by atoms with E-state index in [1.807, 2.05) is 19.0 Å². The van der Waals surface area contributed by atoms with Gasteiger partial charge in [0.1, 0.15) is 5.02 Å². The Hall–Kier alpha value is -1.07. The zero-order valence-corrected chi connectivity index (χ0v) is 13.9. The number of halogens is 1. The van der Waals surface area contributed by atoms with E-state index in [0.717, 1.165) is 19.0 Å². The quantitative estimate of drug-likeness (QED) is 0.876. The molecule has 1 fully saturated rings. The highest BCUT2D eigenvalue weighted by Gasteiger charge is 2.23. The van der Waals surface area contributed by atoms with Gasteiger partial charge >= 0.3 is 0 Å². The average molecular weight is 313 g/mol. The summed E-state index contributed by atoms with van der Waals surface area (Å²) in [5.41, 5.74) is 0.435. The van der Waals surface area contributed by atoms with Gasteiger partial charge in [0.15, 0.2) is 0 Å². The van der Waals surface area contributed by atoms with Crippen LogP contribution in [0.2, 0.25) is 5.02 Å². The Balaban J connectivity index is 2.01. The molecule has 2 rings (SSSR count). The van der Waals surface area contributed by atoms with Gasteiger partial charge in [-0.2, -0.15) is 5.10 Å². The first-order chi connectivity index (χ1) is 9.99. The van der Waals surface area contributed by atoms with Crippen LogP contribution in [0.15, 0.2) is 11.0 Å². The number of nitrogens with zero attached hydrogens (tertiary/aromatic N) is 3. The molecule has 0 spiro atoms. The lowest BCUT2D eigenvalue weighted by atomic mass is 9.98. The summed E-state index contributed by atoms with van der Waals surface area (Å²) in [6.45, 7) is 4.46. The highest BCUT2D eigenvalue weighted by Crippen LogP contribution is 2.31. The molecule has 1 aromatic heterocycles. The van der Waals surface area contributed by atoms with Crippen molar-refractivity contribution in [2.24, 2.45) is 11.8 Å². The minimum Gasteiger partial charge on any atom is -0.382 e. The monoisotopic (exact) mass is 312 g/mol. The molecule has 5 nitrogen and oxygen atoms in total. The molecule has 0 aromatic carbocycles. The van der Waals surface area contributed by atoms with Crippen LogP contribution in [-0.4, -0.2) is 41.9 Å². The maximum atomic E-state index is 12.2. The predicted molar refractivity (Wildman–Crippen MR) is 87.1 cm³/mol. The number of rotatable bonds is 6. The number of anilines is 1. The molecule has 0 aliphatic heterocycles. The van der Waals surface area contributed by atoms with Crippen molar-refractivity contribution >= 4 is 17.3 Å². The molecule has 0 saturated heterocycles. The van der Waals surface area contributed by atoms with Gasteiger partial charge in [-0.3, -0.25) is 4.79 Å². The highest BCUT2D eigenvalue weighted by atomic mass is 35.5. The minimum atomic E-state index is -0.219. The third-order valence-corrected chi connectivity index (χ3v) is 4.70. The van der Waals surface area contributed by atoms with Crippen molar-refractivity contribution in [1.82, 2.24) is 14.7 Å². The van der Waals surface area contributed by atoms with Gasteiger partial charge in [-0.25, -0.2) is 4.68 Å². The first-order valence-electron chi connectivity index (χ1n) is 7.63. The highest BCUT2D eigenvalue weighted by molar-refractivity contribution is 6.32. The van der Waals surface area contributed by atoms with Gasteiger partial charge in [0.25, 0.3) is 5.56 Å². The number of hydrogen-bond donors (Lipinski definition) is 1. The molecule has 118 valence electrons. The molecule has 0 bridgehead atoms. The molecule has 2 atom stereocenters. The molecule has 1 saturated carbocycles. The summed E-state index contributed by atoms with van der Waals surface area (Å²) in [7, 11) is 3.93. The second-order valence-electron chi connectivity index (χ2n) is 6.25. The Morgan fingerprint density at radius 3 is 2.86 bits per heavy atom. The van der Waals surface area contributed by atoms with Gasteiger partial charge in [0.05, 0.1) is 18.4 Å². The van der Waals surface area contributed by atoms with Crippen molar-refractivity contribution in [1.29, 1.82) is 0 Å². The van der Waals surface area contributed by atoms with Gasteiger partial charge in [0.2, 0.25) is 0 Å². The van der Waals surface area contributed by atoms with Crippen molar-refractivity contribution < 1.29 is 0 Å². The summed E-state index contributed by atoms with van der Waals surface area (Å²) in [6.07, 6.45) is 5.51. The molecule has 6 heteroatoms. The second-order valence-corrected chi connectivity index (χ2v) is 6.63. The average Bonchev–Trinajstić information content (AvgIpc) is 2.85. The molecule has 0 radical (unpaired) electrons. The Labute approximate surface area is 131 Å². The molecule has 21 heavy (non-hydrogen) atoms. The van der Waals surface area contributed by atoms with Crippen LogP contribution in [-0.2, 0) is 6.54 Å². The van der Waals surface area contributed by atoms with Gasteiger partial charge < -0.3 is 10.2 Å². The van der Waals surface area contributed by atoms with Gasteiger partial charge in [0, 0.05) is 13.1 Å². The second kappa shape index (κ2) is 7.27. The maximum Gasteiger partial charge on any atom is 0.287 e. The number of nitrogens with one attached hydrogen (secondary N) is 1. The number of likely N-dealkylation sites (N-methyl/N-ethyl adjacent to an activating group) is 1. The molecule has 1 heterocycles. The maximum absolute atomic E-state index is 12.2. The van der Waals surface area contributed by atoms with Crippen LogP contribution in [0, 0.1) is 11.8 Å². The van der Waals surface area contributed by atoms with E-state index in [-0.39, 0.29) is 10.6 Å². The Kier molecular flexibility index (Phi) is 5.65. The van der Waals surface area contributed by atoms with Crippen molar-refractivity contribution in [2.75, 3.05) is 32.5 Å². The van der Waals surface area contributed by atoms with E-state index in [2.05, 4.69) is 17.3 Å². The standard InChI is InChI=1S/C15H25ClN4O/c1-11-5-4-6-12(11)9-17-13-10-18-20(8-7-19(2)3)15(21)14(13)16/h10-12,17H,4-9H2,1-3H3. The molecule has 1 aromatic rings. The van der Waals surface area contributed by atoms with Gasteiger partial charge in [-0.15, -0.1) is 0 Å². The Morgan fingerprint density at radius 2 is 2.24 bits per heavy atom. The summed E-state index contributed by atoms with van der Waals surface area (Å²) in [4.78, 5) is 14.2. The molecule has 1 N–H and O–H groups in total. The van der Waals surface area contributed by atoms with Crippen molar-refractivity contribution in [3.63, 3.8) is 0 Å². The number of hydrogen-bond acceptors (Lipinski definition) is 4. The van der Waals surface area contributed by atoms with E-state index in [1.165, 1.54) is 23.9 Å². The summed E-state index contributed by atoms with van der Waals surface area (Å²) in [5.74, 6) is 1.40. The first-order valence-corrected chi connectivity index (χ1v) is 8.01. The van der Waals surface area contributed by atoms with Gasteiger partial charge in [-0.1, -0.05) is 31.4 Å². The molecule has 1 aliphatic carbocycles.